The van der Waals surface area contributed by atoms with Gasteiger partial charge in [0.2, 0.25) is 0 Å². The molecular formula is C83H140O17P2. The Morgan fingerprint density at radius 1 is 0.275 bits per heavy atom. The second-order valence-corrected chi connectivity index (χ2v) is 28.8. The van der Waals surface area contributed by atoms with Gasteiger partial charge in [-0.25, -0.2) is 9.13 Å². The zero-order chi connectivity index (χ0) is 74.6. The maximum atomic E-state index is 13.1. The standard InChI is InChI=1S/C83H140O17P2/c1-5-9-13-17-21-25-29-33-35-37-38-40-41-45-48-52-56-60-64-68-81(86)94-74-78(99-82(87)69-65-61-57-53-49-44-32-28-24-20-16-12-8-4)75-97-101(89,90)95-71-77(84)72-96-102(91,92)98-76-79(73-93-80(85)67-63-59-55-51-47-43-31-27-23-19-15-11-7-3)100-83(88)70-66-62-58-54-50-46-42-39-36-34-30-26-22-18-14-10-6-2/h21-22,25-28,31-36,38,40,42,45-46,48,54,56,58,60,77-79,84H,5-20,23-24,29-30,37,39,41,43-44,47,49-53,55,57,59,61-76H2,1-4H3,(H,89,90)(H,91,92)/b25-21-,26-22-,31-27-,32-28-,35-33-,36-34-,40-38-,46-42-,48-45-,58-54-,60-56-/t77-,78-,79-/m1/s1. The molecule has 0 bridgehead atoms. The van der Waals surface area contributed by atoms with Crippen molar-refractivity contribution in [3.63, 3.8) is 0 Å². The number of aliphatic hydroxyl groups excluding tert-OH is 1. The Morgan fingerprint density at radius 2 is 0.510 bits per heavy atom. The molecule has 584 valence electrons. The van der Waals surface area contributed by atoms with Crippen LogP contribution in [0.2, 0.25) is 0 Å². The summed E-state index contributed by atoms with van der Waals surface area (Å²) in [6.45, 7) is 4.62. The first kappa shape index (κ1) is 97.2. The molecule has 0 saturated heterocycles. The van der Waals surface area contributed by atoms with Gasteiger partial charge in [-0.1, -0.05) is 264 Å². The molecular weight excluding hydrogens is 1330 g/mol. The molecule has 0 rings (SSSR count). The molecule has 102 heavy (non-hydrogen) atoms. The Bertz CT molecular complexity index is 2460. The third kappa shape index (κ3) is 73.5. The van der Waals surface area contributed by atoms with Crippen LogP contribution in [0.3, 0.4) is 0 Å². The molecule has 0 fully saturated rings. The molecule has 0 radical (unpaired) electrons. The number of aliphatic hydroxyl groups is 1. The van der Waals surface area contributed by atoms with Crippen molar-refractivity contribution in [2.75, 3.05) is 39.6 Å². The van der Waals surface area contributed by atoms with E-state index in [1.165, 1.54) is 89.9 Å². The van der Waals surface area contributed by atoms with Crippen molar-refractivity contribution in [1.29, 1.82) is 0 Å². The van der Waals surface area contributed by atoms with Crippen molar-refractivity contribution in [3.8, 4) is 0 Å². The fourth-order valence-corrected chi connectivity index (χ4v) is 11.6. The summed E-state index contributed by atoms with van der Waals surface area (Å²) in [4.78, 5) is 72.9. The maximum absolute atomic E-state index is 13.1. The number of phosphoric ester groups is 2. The Hall–Kier alpha value is -4.80. The molecule has 0 aliphatic heterocycles. The summed E-state index contributed by atoms with van der Waals surface area (Å²) in [6, 6.07) is 0. The first-order valence-corrected chi connectivity index (χ1v) is 42.4. The van der Waals surface area contributed by atoms with Crippen LogP contribution in [0.5, 0.6) is 0 Å². The van der Waals surface area contributed by atoms with E-state index in [0.717, 1.165) is 128 Å². The third-order valence-electron chi connectivity index (χ3n) is 16.1. The molecule has 0 amide bonds. The average molecular weight is 1470 g/mol. The third-order valence-corrected chi connectivity index (χ3v) is 18.0. The highest BCUT2D eigenvalue weighted by Crippen LogP contribution is 2.45. The van der Waals surface area contributed by atoms with Gasteiger partial charge >= 0.3 is 39.5 Å². The quantitative estimate of drug-likeness (QED) is 0.0169. The molecule has 0 aliphatic carbocycles. The van der Waals surface area contributed by atoms with Crippen LogP contribution in [0, 0.1) is 0 Å². The average Bonchev–Trinajstić information content (AvgIpc) is 0.908. The van der Waals surface area contributed by atoms with Crippen LogP contribution in [0.4, 0.5) is 0 Å². The molecule has 0 heterocycles. The number of unbranched alkanes of at least 4 members (excludes halogenated alkanes) is 25. The first-order chi connectivity index (χ1) is 49.7. The van der Waals surface area contributed by atoms with Gasteiger partial charge in [-0.3, -0.25) is 37.3 Å². The van der Waals surface area contributed by atoms with Gasteiger partial charge in [0.05, 0.1) is 26.4 Å². The fraction of sp³-hybridized carbons (Fsp3) is 0.687. The summed E-state index contributed by atoms with van der Waals surface area (Å²) in [7, 11) is -10.00. The van der Waals surface area contributed by atoms with E-state index in [-0.39, 0.29) is 25.7 Å². The minimum atomic E-state index is -5.00. The van der Waals surface area contributed by atoms with Gasteiger partial charge in [0.1, 0.15) is 19.3 Å². The molecule has 0 aromatic heterocycles. The summed E-state index contributed by atoms with van der Waals surface area (Å²) < 4.78 is 68.4. The number of allylic oxidation sites excluding steroid dienone is 22. The van der Waals surface area contributed by atoms with Gasteiger partial charge < -0.3 is 33.8 Å². The highest BCUT2D eigenvalue weighted by molar-refractivity contribution is 7.47. The Labute approximate surface area is 618 Å². The zero-order valence-corrected chi connectivity index (χ0v) is 65.5. The van der Waals surface area contributed by atoms with Crippen LogP contribution in [0.15, 0.2) is 134 Å². The van der Waals surface area contributed by atoms with E-state index in [2.05, 4.69) is 131 Å². The molecule has 17 nitrogen and oxygen atoms in total. The van der Waals surface area contributed by atoms with E-state index in [0.29, 0.717) is 38.5 Å². The van der Waals surface area contributed by atoms with Gasteiger partial charge in [-0.05, 0) is 154 Å². The van der Waals surface area contributed by atoms with Crippen molar-refractivity contribution < 1.29 is 80.2 Å². The van der Waals surface area contributed by atoms with E-state index < -0.39 is 97.5 Å². The van der Waals surface area contributed by atoms with Crippen molar-refractivity contribution >= 4 is 39.5 Å². The molecule has 0 saturated carbocycles. The first-order valence-electron chi connectivity index (χ1n) is 39.4. The fourth-order valence-electron chi connectivity index (χ4n) is 10.0. The second kappa shape index (κ2) is 74.5. The van der Waals surface area contributed by atoms with Crippen molar-refractivity contribution in [2.45, 2.75) is 329 Å². The summed E-state index contributed by atoms with van der Waals surface area (Å²) in [5.74, 6) is -2.36. The van der Waals surface area contributed by atoms with Crippen LogP contribution in [-0.2, 0) is 65.4 Å². The normalized spacial score (nSPS) is 14.6. The SMILES string of the molecule is CCCCC/C=C\C/C=C\C/C=C\C/C=C\C/C=C\CCC(=O)OC[C@H](COP(=O)(O)OC[C@@H](O)COP(=O)(O)OC[C@@H](COC(=O)CCCCCCC/C=C\CCCCCC)OC(=O)CCC/C=C\C/C=C\C/C=C\C/C=C\CCCCC)OC(=O)CCCCCCC/C=C\CCCCCC. The lowest BCUT2D eigenvalue weighted by molar-refractivity contribution is -0.161. The summed E-state index contributed by atoms with van der Waals surface area (Å²) in [5.41, 5.74) is 0. The molecule has 19 heteroatoms. The maximum Gasteiger partial charge on any atom is 0.472 e. The Morgan fingerprint density at radius 3 is 0.863 bits per heavy atom. The molecule has 2 unspecified atom stereocenters. The topological polar surface area (TPSA) is 237 Å². The number of esters is 4. The number of carbonyl (C=O) groups is 4. The van der Waals surface area contributed by atoms with Crippen molar-refractivity contribution in [2.24, 2.45) is 0 Å². The van der Waals surface area contributed by atoms with Gasteiger partial charge in [0.25, 0.3) is 0 Å². The zero-order valence-electron chi connectivity index (χ0n) is 63.7. The summed E-state index contributed by atoms with van der Waals surface area (Å²) in [5, 5.41) is 10.6. The lowest BCUT2D eigenvalue weighted by Gasteiger charge is -2.21. The predicted molar refractivity (Wildman–Crippen MR) is 418 cm³/mol. The van der Waals surface area contributed by atoms with Crippen LogP contribution in [0.25, 0.3) is 0 Å². The van der Waals surface area contributed by atoms with Crippen LogP contribution in [-0.4, -0.2) is 96.7 Å². The highest BCUT2D eigenvalue weighted by Gasteiger charge is 2.30. The minimum absolute atomic E-state index is 0.0134. The van der Waals surface area contributed by atoms with E-state index in [1.54, 1.807) is 0 Å². The number of hydrogen-bond acceptors (Lipinski definition) is 15. The van der Waals surface area contributed by atoms with Gasteiger partial charge in [-0.2, -0.15) is 0 Å². The number of rotatable bonds is 73. The number of ether oxygens (including phenoxy) is 4. The lowest BCUT2D eigenvalue weighted by atomic mass is 10.1. The molecule has 0 spiro atoms. The van der Waals surface area contributed by atoms with E-state index >= 15 is 0 Å². The van der Waals surface area contributed by atoms with Crippen LogP contribution >= 0.6 is 15.6 Å². The Balaban J connectivity index is 5.47. The van der Waals surface area contributed by atoms with Crippen molar-refractivity contribution in [3.05, 3.63) is 134 Å². The molecule has 0 aromatic carbocycles. The number of hydrogen-bond donors (Lipinski definition) is 3. The van der Waals surface area contributed by atoms with Gasteiger partial charge in [0.15, 0.2) is 12.2 Å². The minimum Gasteiger partial charge on any atom is -0.462 e. The van der Waals surface area contributed by atoms with Crippen LogP contribution < -0.4 is 0 Å². The smallest absolute Gasteiger partial charge is 0.462 e. The van der Waals surface area contributed by atoms with E-state index in [9.17, 15) is 43.2 Å². The molecule has 3 N–H and O–H groups in total. The van der Waals surface area contributed by atoms with Crippen molar-refractivity contribution in [1.82, 2.24) is 0 Å². The summed E-state index contributed by atoms with van der Waals surface area (Å²) >= 11 is 0. The highest BCUT2D eigenvalue weighted by atomic mass is 31.2. The van der Waals surface area contributed by atoms with Crippen LogP contribution in [0.1, 0.15) is 310 Å². The largest absolute Gasteiger partial charge is 0.472 e. The monoisotopic (exact) mass is 1470 g/mol. The molecule has 0 aromatic rings. The summed E-state index contributed by atoms with van der Waals surface area (Å²) in [6.07, 6.45) is 83.2. The number of phosphoric acid groups is 2. The molecule has 0 aliphatic rings. The predicted octanol–water partition coefficient (Wildman–Crippen LogP) is 22.9. The van der Waals surface area contributed by atoms with Gasteiger partial charge in [-0.15, -0.1) is 0 Å². The second-order valence-electron chi connectivity index (χ2n) is 25.9. The van der Waals surface area contributed by atoms with Gasteiger partial charge in [0, 0.05) is 25.7 Å². The Kier molecular flexibility index (Phi) is 71.0. The number of carbonyl (C=O) groups excluding carboxylic acids is 4. The lowest BCUT2D eigenvalue weighted by Crippen LogP contribution is -2.30. The molecule has 5 atom stereocenters. The van der Waals surface area contributed by atoms with E-state index in [1.807, 2.05) is 30.4 Å². The van der Waals surface area contributed by atoms with E-state index in [4.69, 9.17) is 37.0 Å².